The average Bonchev–Trinajstić information content (AvgIpc) is 3.18. The van der Waals surface area contributed by atoms with Gasteiger partial charge < -0.3 is 4.57 Å². The molecule has 9 heteroatoms. The van der Waals surface area contributed by atoms with Gasteiger partial charge in [-0.05, 0) is 12.8 Å². The van der Waals surface area contributed by atoms with Crippen molar-refractivity contribution in [2.24, 2.45) is 7.05 Å². The molecule has 0 spiro atoms. The Hall–Kier alpha value is -1.48. The second kappa shape index (κ2) is 6.52. The minimum Gasteiger partial charge on any atom is -0.309 e. The van der Waals surface area contributed by atoms with Gasteiger partial charge in [0.25, 0.3) is 0 Å². The lowest BCUT2D eigenvalue weighted by Crippen LogP contribution is -2.14. The first-order valence-electron chi connectivity index (χ1n) is 6.82. The van der Waals surface area contributed by atoms with Crippen molar-refractivity contribution in [1.82, 2.24) is 25.0 Å². The maximum atomic E-state index is 11.8. The summed E-state index contributed by atoms with van der Waals surface area (Å²) in [6.07, 6.45) is 4.91. The normalized spacial score (nSPS) is 15.5. The van der Waals surface area contributed by atoms with Gasteiger partial charge >= 0.3 is 0 Å². The second-order valence-electron chi connectivity index (χ2n) is 4.96. The summed E-state index contributed by atoms with van der Waals surface area (Å²) < 4.78 is 2.01. The predicted molar refractivity (Wildman–Crippen MR) is 81.5 cm³/mol. The van der Waals surface area contributed by atoms with Gasteiger partial charge in [0.1, 0.15) is 11.3 Å². The summed E-state index contributed by atoms with van der Waals surface area (Å²) >= 11 is 2.69. The maximum absolute atomic E-state index is 11.8. The number of aromatic nitrogens is 5. The summed E-state index contributed by atoms with van der Waals surface area (Å²) in [6.45, 7) is 0. The molecule has 0 bridgehead atoms. The molecule has 1 aliphatic rings. The van der Waals surface area contributed by atoms with Crippen LogP contribution in [0.25, 0.3) is 0 Å². The number of thioether (sulfide) groups is 1. The molecule has 1 saturated carbocycles. The lowest BCUT2D eigenvalue weighted by Gasteiger charge is -2.08. The highest BCUT2D eigenvalue weighted by molar-refractivity contribution is 7.99. The summed E-state index contributed by atoms with van der Waals surface area (Å²) in [5.41, 5.74) is 1.58. The number of hydrogen-bond donors (Lipinski definition) is 1. The van der Waals surface area contributed by atoms with Crippen LogP contribution < -0.4 is 5.32 Å². The highest BCUT2D eigenvalue weighted by Crippen LogP contribution is 2.33. The Labute approximate surface area is 130 Å². The lowest BCUT2D eigenvalue weighted by atomic mass is 10.1. The molecule has 2 aromatic rings. The molecule has 0 aromatic carbocycles. The lowest BCUT2D eigenvalue weighted by molar-refractivity contribution is -0.113. The third kappa shape index (κ3) is 3.41. The van der Waals surface area contributed by atoms with Crippen LogP contribution in [0.2, 0.25) is 0 Å². The molecule has 1 aliphatic carbocycles. The Bertz CT molecular complexity index is 605. The molecule has 2 aromatic heterocycles. The van der Waals surface area contributed by atoms with Gasteiger partial charge in [0.05, 0.1) is 5.75 Å². The number of rotatable bonds is 5. The number of carbonyl (C=O) groups excluding carboxylic acids is 1. The van der Waals surface area contributed by atoms with Crippen LogP contribution in [0.1, 0.15) is 37.4 Å². The number of hydrogen-bond acceptors (Lipinski definition) is 7. The Morgan fingerprint density at radius 3 is 2.95 bits per heavy atom. The molecule has 0 atom stereocenters. The van der Waals surface area contributed by atoms with Crippen LogP contribution in [0.5, 0.6) is 0 Å². The van der Waals surface area contributed by atoms with Crippen molar-refractivity contribution in [3.05, 3.63) is 11.3 Å². The van der Waals surface area contributed by atoms with E-state index in [2.05, 4.69) is 25.7 Å². The fourth-order valence-electron chi connectivity index (χ4n) is 2.50. The van der Waals surface area contributed by atoms with Gasteiger partial charge in [-0.2, -0.15) is 0 Å². The number of amides is 1. The summed E-state index contributed by atoms with van der Waals surface area (Å²) in [5, 5.41) is 19.9. The van der Waals surface area contributed by atoms with Gasteiger partial charge in [-0.15, -0.1) is 20.4 Å². The average molecular weight is 324 g/mol. The van der Waals surface area contributed by atoms with Crippen LogP contribution in [-0.2, 0) is 11.8 Å². The van der Waals surface area contributed by atoms with Gasteiger partial charge in [0, 0.05) is 13.0 Å². The molecule has 1 fully saturated rings. The fourth-order valence-corrected chi connectivity index (χ4v) is 3.68. The van der Waals surface area contributed by atoms with Crippen LogP contribution in [0.4, 0.5) is 5.13 Å². The highest BCUT2D eigenvalue weighted by Gasteiger charge is 2.23. The van der Waals surface area contributed by atoms with E-state index in [9.17, 15) is 4.79 Å². The summed E-state index contributed by atoms with van der Waals surface area (Å²) in [4.78, 5) is 11.8. The minimum absolute atomic E-state index is 0.109. The molecule has 3 rings (SSSR count). The molecule has 112 valence electrons. The molecule has 1 N–H and O–H groups in total. The van der Waals surface area contributed by atoms with E-state index in [4.69, 9.17) is 0 Å². The number of carbonyl (C=O) groups is 1. The standard InChI is InChI=1S/C12H16N6OS2/c1-18-10(8-4-2-3-5-8)15-17-12(18)20-6-9(19)14-11-16-13-7-21-11/h7-8H,2-6H2,1H3,(H,14,16,19). The zero-order valence-corrected chi connectivity index (χ0v) is 13.3. The molecular formula is C12H16N6OS2. The molecule has 2 heterocycles. The van der Waals surface area contributed by atoms with Gasteiger partial charge in [-0.3, -0.25) is 10.1 Å². The predicted octanol–water partition coefficient (Wildman–Crippen LogP) is 2.05. The molecule has 0 radical (unpaired) electrons. The molecule has 0 unspecified atom stereocenters. The molecule has 7 nitrogen and oxygen atoms in total. The van der Waals surface area contributed by atoms with Crippen LogP contribution in [-0.4, -0.2) is 36.6 Å². The summed E-state index contributed by atoms with van der Waals surface area (Å²) in [6, 6.07) is 0. The Balaban J connectivity index is 1.56. The third-order valence-corrected chi connectivity index (χ3v) is 5.15. The van der Waals surface area contributed by atoms with Crippen LogP contribution in [0.15, 0.2) is 10.7 Å². The highest BCUT2D eigenvalue weighted by atomic mass is 32.2. The van der Waals surface area contributed by atoms with Gasteiger partial charge in [-0.25, -0.2) is 0 Å². The monoisotopic (exact) mass is 324 g/mol. The maximum Gasteiger partial charge on any atom is 0.236 e. The van der Waals surface area contributed by atoms with E-state index < -0.39 is 0 Å². The van der Waals surface area contributed by atoms with Crippen molar-refractivity contribution in [3.63, 3.8) is 0 Å². The quantitative estimate of drug-likeness (QED) is 0.847. The zero-order valence-electron chi connectivity index (χ0n) is 11.7. The largest absolute Gasteiger partial charge is 0.309 e. The molecule has 21 heavy (non-hydrogen) atoms. The fraction of sp³-hybridized carbons (Fsp3) is 0.583. The first-order chi connectivity index (χ1) is 10.2. The Kier molecular flexibility index (Phi) is 4.49. The van der Waals surface area contributed by atoms with Crippen LogP contribution in [0, 0.1) is 0 Å². The number of nitrogens with one attached hydrogen (secondary N) is 1. The van der Waals surface area contributed by atoms with Crippen molar-refractivity contribution in [1.29, 1.82) is 0 Å². The summed E-state index contributed by atoms with van der Waals surface area (Å²) in [5.74, 6) is 1.74. The molecule has 0 saturated heterocycles. The molecule has 1 amide bonds. The van der Waals surface area contributed by atoms with Gasteiger partial charge in [0.15, 0.2) is 5.16 Å². The van der Waals surface area contributed by atoms with E-state index in [1.54, 1.807) is 5.51 Å². The topological polar surface area (TPSA) is 85.6 Å². The van der Waals surface area contributed by atoms with Gasteiger partial charge in [0.2, 0.25) is 11.0 Å². The first-order valence-corrected chi connectivity index (χ1v) is 8.68. The molecule has 0 aliphatic heterocycles. The van der Waals surface area contributed by atoms with Crippen molar-refractivity contribution >= 4 is 34.1 Å². The third-order valence-electron chi connectivity index (χ3n) is 3.53. The van der Waals surface area contributed by atoms with E-state index in [1.807, 2.05) is 11.6 Å². The zero-order chi connectivity index (χ0) is 14.7. The SMILES string of the molecule is Cn1c(SCC(=O)Nc2nncs2)nnc1C1CCCC1. The van der Waals surface area contributed by atoms with E-state index in [0.717, 1.165) is 11.0 Å². The Morgan fingerprint density at radius 1 is 1.43 bits per heavy atom. The van der Waals surface area contributed by atoms with Gasteiger partial charge in [-0.1, -0.05) is 35.9 Å². The molecular weight excluding hydrogens is 308 g/mol. The smallest absolute Gasteiger partial charge is 0.236 e. The number of nitrogens with zero attached hydrogens (tertiary/aromatic N) is 5. The van der Waals surface area contributed by atoms with E-state index in [1.165, 1.54) is 48.8 Å². The van der Waals surface area contributed by atoms with E-state index in [-0.39, 0.29) is 11.7 Å². The minimum atomic E-state index is -0.109. The number of anilines is 1. The van der Waals surface area contributed by atoms with E-state index >= 15 is 0 Å². The van der Waals surface area contributed by atoms with Crippen molar-refractivity contribution < 1.29 is 4.79 Å². The van der Waals surface area contributed by atoms with Crippen molar-refractivity contribution in [2.75, 3.05) is 11.1 Å². The first kappa shape index (κ1) is 14.5. The van der Waals surface area contributed by atoms with E-state index in [0.29, 0.717) is 11.0 Å². The Morgan fingerprint density at radius 2 is 2.24 bits per heavy atom. The summed E-state index contributed by atoms with van der Waals surface area (Å²) in [7, 11) is 1.97. The van der Waals surface area contributed by atoms with Crippen molar-refractivity contribution in [3.8, 4) is 0 Å². The van der Waals surface area contributed by atoms with Crippen LogP contribution in [0.3, 0.4) is 0 Å². The van der Waals surface area contributed by atoms with Crippen LogP contribution >= 0.6 is 23.1 Å². The second-order valence-corrected chi connectivity index (χ2v) is 6.74. The van der Waals surface area contributed by atoms with Crippen molar-refractivity contribution in [2.45, 2.75) is 36.8 Å².